The van der Waals surface area contributed by atoms with Crippen LogP contribution in [0.25, 0.3) is 5.82 Å². The van der Waals surface area contributed by atoms with Gasteiger partial charge < -0.3 is 24.7 Å². The quantitative estimate of drug-likeness (QED) is 0.425. The molecule has 4 rings (SSSR count). The van der Waals surface area contributed by atoms with Crippen LogP contribution in [0.15, 0.2) is 79.1 Å². The third-order valence-electron chi connectivity index (χ3n) is 4.24. The van der Waals surface area contributed by atoms with Crippen molar-refractivity contribution >= 4 is 29.0 Å². The number of anilines is 2. The molecule has 0 aliphatic rings. The number of ether oxygens (including phenoxy) is 2. The van der Waals surface area contributed by atoms with E-state index in [2.05, 4.69) is 20.8 Å². The van der Waals surface area contributed by atoms with Crippen LogP contribution >= 0.6 is 11.6 Å². The van der Waals surface area contributed by atoms with Gasteiger partial charge in [0, 0.05) is 29.2 Å². The molecule has 0 radical (unpaired) electrons. The zero-order valence-electron chi connectivity index (χ0n) is 16.4. The number of halogens is 1. The van der Waals surface area contributed by atoms with E-state index in [1.54, 1.807) is 48.5 Å². The first-order valence-corrected chi connectivity index (χ1v) is 9.65. The van der Waals surface area contributed by atoms with Crippen molar-refractivity contribution in [2.75, 3.05) is 17.7 Å². The summed E-state index contributed by atoms with van der Waals surface area (Å²) in [5.41, 5.74) is 1.05. The lowest BCUT2D eigenvalue weighted by molar-refractivity contribution is 0.262. The van der Waals surface area contributed by atoms with E-state index in [9.17, 15) is 4.79 Å². The van der Waals surface area contributed by atoms with Crippen molar-refractivity contribution < 1.29 is 14.3 Å². The largest absolute Gasteiger partial charge is 0.495 e. The number of carbonyl (C=O) groups is 1. The monoisotopic (exact) mass is 435 g/mol. The summed E-state index contributed by atoms with van der Waals surface area (Å²) >= 11 is 5.98. The number of rotatable bonds is 6. The van der Waals surface area contributed by atoms with Gasteiger partial charge >= 0.3 is 6.03 Å². The van der Waals surface area contributed by atoms with Gasteiger partial charge in [-0.2, -0.15) is 0 Å². The van der Waals surface area contributed by atoms with Gasteiger partial charge in [0.1, 0.15) is 11.5 Å². The van der Waals surface area contributed by atoms with E-state index in [0.717, 1.165) is 0 Å². The zero-order valence-corrected chi connectivity index (χ0v) is 17.2. The number of aromatic nitrogens is 3. The molecule has 2 aromatic heterocycles. The molecule has 0 atom stereocenters. The Morgan fingerprint density at radius 1 is 0.968 bits per heavy atom. The Morgan fingerprint density at radius 3 is 2.42 bits per heavy atom. The lowest BCUT2D eigenvalue weighted by Gasteiger charge is -2.12. The number of benzene rings is 2. The summed E-state index contributed by atoms with van der Waals surface area (Å²) in [6.07, 6.45) is 3.77. The minimum Gasteiger partial charge on any atom is -0.495 e. The molecular formula is C22H18ClN5O3. The van der Waals surface area contributed by atoms with Crippen molar-refractivity contribution in [2.45, 2.75) is 0 Å². The van der Waals surface area contributed by atoms with Crippen LogP contribution in [-0.2, 0) is 0 Å². The Bertz CT molecular complexity index is 1160. The van der Waals surface area contributed by atoms with Crippen molar-refractivity contribution in [2.24, 2.45) is 0 Å². The second-order valence-electron chi connectivity index (χ2n) is 6.37. The third-order valence-corrected chi connectivity index (χ3v) is 4.47. The van der Waals surface area contributed by atoms with Crippen LogP contribution in [0, 0.1) is 0 Å². The fourth-order valence-electron chi connectivity index (χ4n) is 2.78. The standard InChI is InChI=1S/C22H18ClN5O3/c1-30-19-9-4-15(23)14-18(19)25-22(29)24-16-5-7-17(8-6-16)31-21-11-10-20(26-27-21)28-12-2-3-13-28/h2-14H,1H3,(H2,24,25,29). The van der Waals surface area contributed by atoms with Gasteiger partial charge in [0.05, 0.1) is 12.8 Å². The highest BCUT2D eigenvalue weighted by atomic mass is 35.5. The van der Waals surface area contributed by atoms with E-state index in [4.69, 9.17) is 21.1 Å². The van der Waals surface area contributed by atoms with E-state index in [0.29, 0.717) is 39.6 Å². The number of hydrogen-bond acceptors (Lipinski definition) is 5. The zero-order chi connectivity index (χ0) is 21.6. The molecule has 0 fully saturated rings. The lowest BCUT2D eigenvalue weighted by Crippen LogP contribution is -2.19. The summed E-state index contributed by atoms with van der Waals surface area (Å²) in [6.45, 7) is 0. The van der Waals surface area contributed by atoms with Crippen molar-refractivity contribution in [1.82, 2.24) is 14.8 Å². The molecule has 2 N–H and O–H groups in total. The topological polar surface area (TPSA) is 90.3 Å². The molecule has 0 spiro atoms. The molecule has 0 saturated heterocycles. The lowest BCUT2D eigenvalue weighted by atomic mass is 10.3. The average molecular weight is 436 g/mol. The summed E-state index contributed by atoms with van der Waals surface area (Å²) in [7, 11) is 1.52. The van der Waals surface area contributed by atoms with Gasteiger partial charge in [-0.1, -0.05) is 11.6 Å². The van der Waals surface area contributed by atoms with Crippen LogP contribution in [0.4, 0.5) is 16.2 Å². The summed E-state index contributed by atoms with van der Waals surface area (Å²) in [5.74, 6) is 2.12. The van der Waals surface area contributed by atoms with Gasteiger partial charge in [-0.15, -0.1) is 10.2 Å². The normalized spacial score (nSPS) is 10.4. The summed E-state index contributed by atoms with van der Waals surface area (Å²) < 4.78 is 12.8. The molecule has 156 valence electrons. The van der Waals surface area contributed by atoms with Crippen molar-refractivity contribution in [1.29, 1.82) is 0 Å². The van der Waals surface area contributed by atoms with Crippen LogP contribution in [0.2, 0.25) is 5.02 Å². The van der Waals surface area contributed by atoms with E-state index in [-0.39, 0.29) is 0 Å². The van der Waals surface area contributed by atoms with Crippen molar-refractivity contribution in [3.05, 3.63) is 84.1 Å². The molecule has 0 aliphatic carbocycles. The van der Waals surface area contributed by atoms with Gasteiger partial charge in [-0.25, -0.2) is 4.79 Å². The Balaban J connectivity index is 1.36. The SMILES string of the molecule is COc1ccc(Cl)cc1NC(=O)Nc1ccc(Oc2ccc(-n3cccc3)nn2)cc1. The summed E-state index contributed by atoms with van der Waals surface area (Å²) in [5, 5.41) is 14.2. The number of amides is 2. The first kappa shape index (κ1) is 20.2. The number of nitrogens with zero attached hydrogens (tertiary/aromatic N) is 3. The number of nitrogens with one attached hydrogen (secondary N) is 2. The van der Waals surface area contributed by atoms with Gasteiger partial charge in [-0.05, 0) is 60.7 Å². The number of urea groups is 1. The molecule has 0 saturated carbocycles. The van der Waals surface area contributed by atoms with Gasteiger partial charge in [0.25, 0.3) is 0 Å². The predicted molar refractivity (Wildman–Crippen MR) is 119 cm³/mol. The molecule has 0 unspecified atom stereocenters. The summed E-state index contributed by atoms with van der Waals surface area (Å²) in [6, 6.07) is 18.8. The third kappa shape index (κ3) is 5.12. The Kier molecular flexibility index (Phi) is 6.00. The molecule has 31 heavy (non-hydrogen) atoms. The Morgan fingerprint density at radius 2 is 1.74 bits per heavy atom. The fourth-order valence-corrected chi connectivity index (χ4v) is 2.95. The Hall–Kier alpha value is -4.04. The summed E-state index contributed by atoms with van der Waals surface area (Å²) in [4.78, 5) is 12.3. The second kappa shape index (κ2) is 9.19. The minimum atomic E-state index is -0.430. The second-order valence-corrected chi connectivity index (χ2v) is 6.81. The van der Waals surface area contributed by atoms with Gasteiger partial charge in [0.2, 0.25) is 5.88 Å². The first-order valence-electron chi connectivity index (χ1n) is 9.27. The predicted octanol–water partition coefficient (Wildman–Crippen LogP) is 5.37. The Labute approximate surface area is 183 Å². The molecule has 9 heteroatoms. The molecule has 0 aliphatic heterocycles. The van der Waals surface area contributed by atoms with E-state index in [1.165, 1.54) is 7.11 Å². The molecule has 2 aromatic carbocycles. The highest BCUT2D eigenvalue weighted by molar-refractivity contribution is 6.31. The maximum Gasteiger partial charge on any atom is 0.323 e. The van der Waals surface area contributed by atoms with E-state index >= 15 is 0 Å². The van der Waals surface area contributed by atoms with Crippen LogP contribution < -0.4 is 20.1 Å². The first-order chi connectivity index (χ1) is 15.1. The van der Waals surface area contributed by atoms with Crippen LogP contribution in [0.3, 0.4) is 0 Å². The van der Waals surface area contributed by atoms with E-state index in [1.807, 2.05) is 35.2 Å². The smallest absolute Gasteiger partial charge is 0.323 e. The average Bonchev–Trinajstić information content (AvgIpc) is 3.31. The highest BCUT2D eigenvalue weighted by Crippen LogP contribution is 2.28. The van der Waals surface area contributed by atoms with Gasteiger partial charge in [-0.3, -0.25) is 0 Å². The molecule has 0 bridgehead atoms. The molecule has 8 nitrogen and oxygen atoms in total. The van der Waals surface area contributed by atoms with E-state index < -0.39 is 6.03 Å². The van der Waals surface area contributed by atoms with Crippen LogP contribution in [-0.4, -0.2) is 27.9 Å². The van der Waals surface area contributed by atoms with Crippen molar-refractivity contribution in [3.8, 4) is 23.2 Å². The fraction of sp³-hybridized carbons (Fsp3) is 0.0455. The highest BCUT2D eigenvalue weighted by Gasteiger charge is 2.09. The number of hydrogen-bond donors (Lipinski definition) is 2. The molecule has 2 amide bonds. The van der Waals surface area contributed by atoms with Crippen LogP contribution in [0.1, 0.15) is 0 Å². The van der Waals surface area contributed by atoms with Gasteiger partial charge in [0.15, 0.2) is 5.82 Å². The maximum atomic E-state index is 12.3. The molecule has 4 aromatic rings. The molecular weight excluding hydrogens is 418 g/mol. The number of methoxy groups -OCH3 is 1. The maximum absolute atomic E-state index is 12.3. The molecule has 2 heterocycles. The number of carbonyl (C=O) groups excluding carboxylic acids is 1. The van der Waals surface area contributed by atoms with Crippen LogP contribution in [0.5, 0.6) is 17.4 Å². The van der Waals surface area contributed by atoms with Crippen molar-refractivity contribution in [3.63, 3.8) is 0 Å². The minimum absolute atomic E-state index is 0.363.